The molecule has 2 rings (SSSR count). The number of carbonyl (C=O) groups excluding carboxylic acids is 1. The van der Waals surface area contributed by atoms with E-state index in [0.717, 1.165) is 5.69 Å². The van der Waals surface area contributed by atoms with Crippen LogP contribution in [0.5, 0.6) is 0 Å². The van der Waals surface area contributed by atoms with Crippen molar-refractivity contribution >= 4 is 22.4 Å². The molecule has 6 nitrogen and oxygen atoms in total. The number of hydrogen-bond acceptors (Lipinski definition) is 5. The highest BCUT2D eigenvalue weighted by Gasteiger charge is 2.18. The molecule has 0 aliphatic carbocycles. The number of aromatic amines is 1. The topological polar surface area (TPSA) is 83.6 Å². The number of anilines is 1. The maximum atomic E-state index is 11.7. The quantitative estimate of drug-likeness (QED) is 0.852. The first-order valence-electron chi connectivity index (χ1n) is 5.10. The molecule has 1 amide bonds. The Morgan fingerprint density at radius 3 is 2.76 bits per heavy atom. The zero-order valence-corrected chi connectivity index (χ0v) is 10.6. The van der Waals surface area contributed by atoms with Crippen LogP contribution in [0, 0.1) is 0 Å². The lowest BCUT2D eigenvalue weighted by atomic mass is 9.93. The van der Waals surface area contributed by atoms with E-state index in [9.17, 15) is 4.79 Å². The molecule has 0 aliphatic heterocycles. The largest absolute Gasteiger partial charge is 0.296 e. The summed E-state index contributed by atoms with van der Waals surface area (Å²) in [6.07, 6.45) is 1.37. The summed E-state index contributed by atoms with van der Waals surface area (Å²) in [5.74, 6) is -0.312. The van der Waals surface area contributed by atoms with E-state index in [1.54, 1.807) is 0 Å². The van der Waals surface area contributed by atoms with Crippen LogP contribution in [0.15, 0.2) is 11.6 Å². The fourth-order valence-corrected chi connectivity index (χ4v) is 2.08. The fourth-order valence-electron chi connectivity index (χ4n) is 1.15. The molecule has 2 N–H and O–H groups in total. The molecule has 2 aromatic rings. The van der Waals surface area contributed by atoms with E-state index in [1.165, 1.54) is 17.5 Å². The van der Waals surface area contributed by atoms with Gasteiger partial charge in [-0.2, -0.15) is 15.4 Å². The van der Waals surface area contributed by atoms with E-state index in [4.69, 9.17) is 0 Å². The van der Waals surface area contributed by atoms with E-state index in [1.807, 2.05) is 5.38 Å². The highest BCUT2D eigenvalue weighted by Crippen LogP contribution is 2.26. The van der Waals surface area contributed by atoms with Crippen LogP contribution in [0.1, 0.15) is 37.0 Å². The van der Waals surface area contributed by atoms with Crippen LogP contribution in [0.25, 0.3) is 0 Å². The van der Waals surface area contributed by atoms with Gasteiger partial charge >= 0.3 is 0 Å². The van der Waals surface area contributed by atoms with Crippen molar-refractivity contribution in [2.45, 2.75) is 26.2 Å². The van der Waals surface area contributed by atoms with Crippen LogP contribution in [-0.4, -0.2) is 26.3 Å². The first-order valence-corrected chi connectivity index (χ1v) is 5.98. The van der Waals surface area contributed by atoms with Crippen LogP contribution in [-0.2, 0) is 5.41 Å². The van der Waals surface area contributed by atoms with Gasteiger partial charge < -0.3 is 0 Å². The Labute approximate surface area is 102 Å². The molecule has 2 aromatic heterocycles. The average molecular weight is 251 g/mol. The molecule has 0 atom stereocenters. The Kier molecular flexibility index (Phi) is 2.93. The summed E-state index contributed by atoms with van der Waals surface area (Å²) in [5.41, 5.74) is 1.18. The zero-order chi connectivity index (χ0) is 12.5. The second-order valence-corrected chi connectivity index (χ2v) is 5.46. The lowest BCUT2D eigenvalue weighted by Gasteiger charge is -2.14. The molecule has 0 unspecified atom stereocenters. The summed E-state index contributed by atoms with van der Waals surface area (Å²) in [4.78, 5) is 16.0. The van der Waals surface area contributed by atoms with Crippen LogP contribution in [0.3, 0.4) is 0 Å². The smallest absolute Gasteiger partial charge is 0.279 e. The minimum absolute atomic E-state index is 0.0205. The lowest BCUT2D eigenvalue weighted by molar-refractivity contribution is 0.102. The number of amides is 1. The standard InChI is InChI=1S/C10H13N5OS/c1-10(2,3)7-5-17-9(12-7)13-8(16)6-4-11-15-14-6/h4-5H,1-3H3,(H,11,14,15)(H,12,13,16). The molecule has 0 fully saturated rings. The normalized spacial score (nSPS) is 11.5. The Bertz CT molecular complexity index is 511. The van der Waals surface area contributed by atoms with Crippen LogP contribution in [0.2, 0.25) is 0 Å². The van der Waals surface area contributed by atoms with Crippen LogP contribution < -0.4 is 5.32 Å². The van der Waals surface area contributed by atoms with Gasteiger partial charge in [0.25, 0.3) is 5.91 Å². The van der Waals surface area contributed by atoms with Gasteiger partial charge in [0.2, 0.25) is 0 Å². The minimum atomic E-state index is -0.312. The predicted molar refractivity (Wildman–Crippen MR) is 65.1 cm³/mol. The van der Waals surface area contributed by atoms with Crippen LogP contribution in [0.4, 0.5) is 5.13 Å². The van der Waals surface area contributed by atoms with Gasteiger partial charge in [-0.05, 0) is 0 Å². The number of aromatic nitrogens is 4. The van der Waals surface area contributed by atoms with Crippen molar-refractivity contribution in [1.29, 1.82) is 0 Å². The number of H-pyrrole nitrogens is 1. The number of nitrogens with zero attached hydrogens (tertiary/aromatic N) is 3. The maximum absolute atomic E-state index is 11.7. The first kappa shape index (κ1) is 11.7. The summed E-state index contributed by atoms with van der Waals surface area (Å²) in [7, 11) is 0. The zero-order valence-electron chi connectivity index (χ0n) is 9.81. The molecule has 0 aliphatic rings. The number of thiazole rings is 1. The minimum Gasteiger partial charge on any atom is -0.296 e. The number of hydrogen-bond donors (Lipinski definition) is 2. The second kappa shape index (κ2) is 4.25. The van der Waals surface area contributed by atoms with Gasteiger partial charge in [0.1, 0.15) is 0 Å². The van der Waals surface area contributed by atoms with Gasteiger partial charge in [0.05, 0.1) is 11.9 Å². The number of rotatable bonds is 2. The second-order valence-electron chi connectivity index (χ2n) is 4.60. The predicted octanol–water partition coefficient (Wildman–Crippen LogP) is 1.81. The van der Waals surface area contributed by atoms with Gasteiger partial charge in [0.15, 0.2) is 10.8 Å². The monoisotopic (exact) mass is 251 g/mol. The van der Waals surface area contributed by atoms with E-state index in [2.05, 4.69) is 46.5 Å². The SMILES string of the molecule is CC(C)(C)c1csc(NC(=O)c2cn[nH]n2)n1. The first-order chi connectivity index (χ1) is 7.97. The van der Waals surface area contributed by atoms with E-state index in [-0.39, 0.29) is 17.0 Å². The maximum Gasteiger partial charge on any atom is 0.279 e. The van der Waals surface area contributed by atoms with Gasteiger partial charge in [-0.3, -0.25) is 10.1 Å². The molecule has 2 heterocycles. The van der Waals surface area contributed by atoms with Crippen molar-refractivity contribution in [2.75, 3.05) is 5.32 Å². The van der Waals surface area contributed by atoms with Crippen molar-refractivity contribution < 1.29 is 4.79 Å². The van der Waals surface area contributed by atoms with Gasteiger partial charge in [0, 0.05) is 10.8 Å². The average Bonchev–Trinajstić information content (AvgIpc) is 2.85. The van der Waals surface area contributed by atoms with Crippen molar-refractivity contribution in [3.63, 3.8) is 0 Å². The van der Waals surface area contributed by atoms with Crippen molar-refractivity contribution in [1.82, 2.24) is 20.4 Å². The molecular formula is C10H13N5OS. The third kappa shape index (κ3) is 2.68. The Hall–Kier alpha value is -1.76. The van der Waals surface area contributed by atoms with Gasteiger partial charge in [-0.15, -0.1) is 11.3 Å². The molecule has 0 saturated heterocycles. The molecule has 7 heteroatoms. The molecule has 0 bridgehead atoms. The highest BCUT2D eigenvalue weighted by atomic mass is 32.1. The molecule has 17 heavy (non-hydrogen) atoms. The lowest BCUT2D eigenvalue weighted by Crippen LogP contribution is -2.14. The molecule has 0 spiro atoms. The van der Waals surface area contributed by atoms with Crippen LogP contribution >= 0.6 is 11.3 Å². The van der Waals surface area contributed by atoms with E-state index in [0.29, 0.717) is 5.13 Å². The summed E-state index contributed by atoms with van der Waals surface area (Å²) < 4.78 is 0. The van der Waals surface area contributed by atoms with Crippen molar-refractivity contribution in [3.8, 4) is 0 Å². The Morgan fingerprint density at radius 1 is 1.47 bits per heavy atom. The van der Waals surface area contributed by atoms with Crippen molar-refractivity contribution in [3.05, 3.63) is 23.0 Å². The molecule has 0 radical (unpaired) electrons. The Morgan fingerprint density at radius 2 is 2.24 bits per heavy atom. The Balaban J connectivity index is 2.10. The number of nitrogens with one attached hydrogen (secondary N) is 2. The van der Waals surface area contributed by atoms with Crippen molar-refractivity contribution in [2.24, 2.45) is 0 Å². The third-order valence-electron chi connectivity index (χ3n) is 2.14. The fraction of sp³-hybridized carbons (Fsp3) is 0.400. The summed E-state index contributed by atoms with van der Waals surface area (Å²) in [5, 5.41) is 14.9. The third-order valence-corrected chi connectivity index (χ3v) is 2.90. The molecule has 0 saturated carbocycles. The molecule has 0 aromatic carbocycles. The van der Waals surface area contributed by atoms with E-state index < -0.39 is 0 Å². The highest BCUT2D eigenvalue weighted by molar-refractivity contribution is 7.14. The summed E-state index contributed by atoms with van der Waals surface area (Å²) >= 11 is 1.40. The van der Waals surface area contributed by atoms with E-state index >= 15 is 0 Å². The van der Waals surface area contributed by atoms with Gasteiger partial charge in [-0.25, -0.2) is 4.98 Å². The number of carbonyl (C=O) groups is 1. The summed E-state index contributed by atoms with van der Waals surface area (Å²) in [6, 6.07) is 0. The molecule has 90 valence electrons. The summed E-state index contributed by atoms with van der Waals surface area (Å²) in [6.45, 7) is 6.22. The van der Waals surface area contributed by atoms with Gasteiger partial charge in [-0.1, -0.05) is 20.8 Å². The molecular weight excluding hydrogens is 238 g/mol.